The molecule has 40 heavy (non-hydrogen) atoms. The number of pyridine rings is 1. The van der Waals surface area contributed by atoms with Gasteiger partial charge in [0, 0.05) is 11.1 Å². The average molecular weight is 552 g/mol. The molecule has 3 aromatic rings. The van der Waals surface area contributed by atoms with Crippen molar-refractivity contribution in [2.45, 2.75) is 34.3 Å². The van der Waals surface area contributed by atoms with Crippen LogP contribution in [0.15, 0.2) is 42.5 Å². The highest BCUT2D eigenvalue weighted by molar-refractivity contribution is 6.10. The molecule has 0 fully saturated rings. The van der Waals surface area contributed by atoms with E-state index in [4.69, 9.17) is 28.4 Å². The molecule has 3 rings (SSSR count). The summed E-state index contributed by atoms with van der Waals surface area (Å²) in [6.45, 7) is 6.77. The number of esters is 3. The van der Waals surface area contributed by atoms with Crippen LogP contribution in [0.25, 0.3) is 11.1 Å². The zero-order valence-electron chi connectivity index (χ0n) is 23.5. The van der Waals surface area contributed by atoms with Crippen LogP contribution in [0.3, 0.4) is 0 Å². The molecule has 0 radical (unpaired) electrons. The van der Waals surface area contributed by atoms with E-state index in [2.05, 4.69) is 4.98 Å². The largest absolute Gasteiger partial charge is 0.493 e. The zero-order chi connectivity index (χ0) is 29.2. The Hall–Kier alpha value is -4.60. The van der Waals surface area contributed by atoms with Crippen molar-refractivity contribution in [3.63, 3.8) is 0 Å². The van der Waals surface area contributed by atoms with E-state index < -0.39 is 17.9 Å². The fourth-order valence-electron chi connectivity index (χ4n) is 4.13. The first kappa shape index (κ1) is 29.9. The van der Waals surface area contributed by atoms with Crippen molar-refractivity contribution in [2.75, 3.05) is 34.0 Å². The number of ether oxygens (including phenoxy) is 6. The van der Waals surface area contributed by atoms with Crippen LogP contribution in [0.2, 0.25) is 0 Å². The van der Waals surface area contributed by atoms with Crippen LogP contribution in [-0.4, -0.2) is 56.9 Å². The maximum Gasteiger partial charge on any atom is 0.357 e. The van der Waals surface area contributed by atoms with Gasteiger partial charge in [-0.25, -0.2) is 19.4 Å². The second-order valence-electron chi connectivity index (χ2n) is 8.30. The van der Waals surface area contributed by atoms with Crippen LogP contribution in [0, 0.1) is 6.92 Å². The molecule has 0 aliphatic carbocycles. The van der Waals surface area contributed by atoms with Crippen LogP contribution in [0.1, 0.15) is 63.2 Å². The second kappa shape index (κ2) is 14.0. The van der Waals surface area contributed by atoms with Crippen molar-refractivity contribution in [1.29, 1.82) is 0 Å². The van der Waals surface area contributed by atoms with E-state index in [0.717, 1.165) is 5.56 Å². The topological polar surface area (TPSA) is 119 Å². The van der Waals surface area contributed by atoms with E-state index >= 15 is 0 Å². The lowest BCUT2D eigenvalue weighted by molar-refractivity contribution is 0.0468. The predicted molar refractivity (Wildman–Crippen MR) is 146 cm³/mol. The van der Waals surface area contributed by atoms with Crippen molar-refractivity contribution in [3.05, 3.63) is 70.5 Å². The van der Waals surface area contributed by atoms with Crippen molar-refractivity contribution in [2.24, 2.45) is 0 Å². The fraction of sp³-hybridized carbons (Fsp3) is 0.333. The van der Waals surface area contributed by atoms with Gasteiger partial charge in [0.1, 0.15) is 12.2 Å². The van der Waals surface area contributed by atoms with E-state index in [1.54, 1.807) is 39.8 Å². The van der Waals surface area contributed by atoms with Crippen molar-refractivity contribution in [1.82, 2.24) is 4.98 Å². The Balaban J connectivity index is 2.44. The molecule has 10 heteroatoms. The third-order valence-electron chi connectivity index (χ3n) is 5.85. The van der Waals surface area contributed by atoms with Crippen LogP contribution in [0.4, 0.5) is 0 Å². The van der Waals surface area contributed by atoms with Gasteiger partial charge in [-0.05, 0) is 51.0 Å². The van der Waals surface area contributed by atoms with E-state index in [-0.39, 0.29) is 66.0 Å². The van der Waals surface area contributed by atoms with Gasteiger partial charge in [-0.15, -0.1) is 0 Å². The van der Waals surface area contributed by atoms with Gasteiger partial charge in [-0.3, -0.25) is 0 Å². The third-order valence-corrected chi connectivity index (χ3v) is 5.85. The van der Waals surface area contributed by atoms with Gasteiger partial charge >= 0.3 is 17.9 Å². The minimum absolute atomic E-state index is 0.0164. The number of hydrogen-bond donors (Lipinski definition) is 0. The third kappa shape index (κ3) is 6.33. The summed E-state index contributed by atoms with van der Waals surface area (Å²) in [6, 6.07) is 12.7. The highest BCUT2D eigenvalue weighted by Crippen LogP contribution is 2.47. The number of carbonyl (C=O) groups excluding carboxylic acids is 3. The molecular weight excluding hydrogens is 518 g/mol. The minimum atomic E-state index is -0.899. The van der Waals surface area contributed by atoms with Gasteiger partial charge in [-0.1, -0.05) is 30.3 Å². The molecule has 10 nitrogen and oxygen atoms in total. The van der Waals surface area contributed by atoms with Crippen LogP contribution in [0.5, 0.6) is 17.2 Å². The summed E-state index contributed by atoms with van der Waals surface area (Å²) in [4.78, 5) is 43.7. The summed E-state index contributed by atoms with van der Waals surface area (Å²) < 4.78 is 33.2. The summed E-state index contributed by atoms with van der Waals surface area (Å²) in [6.07, 6.45) is 0. The van der Waals surface area contributed by atoms with Crippen LogP contribution in [-0.2, 0) is 20.8 Å². The highest BCUT2D eigenvalue weighted by Gasteiger charge is 2.33. The highest BCUT2D eigenvalue weighted by atomic mass is 16.5. The normalized spacial score (nSPS) is 10.4. The Morgan fingerprint density at radius 3 is 1.90 bits per heavy atom. The number of methoxy groups -OCH3 is 2. The van der Waals surface area contributed by atoms with E-state index in [9.17, 15) is 14.4 Å². The number of rotatable bonds is 12. The van der Waals surface area contributed by atoms with Gasteiger partial charge in [0.05, 0.1) is 34.0 Å². The molecule has 0 spiro atoms. The minimum Gasteiger partial charge on any atom is -0.493 e. The second-order valence-corrected chi connectivity index (χ2v) is 8.30. The quantitative estimate of drug-likeness (QED) is 0.220. The molecule has 0 N–H and O–H groups in total. The molecule has 0 unspecified atom stereocenters. The smallest absolute Gasteiger partial charge is 0.357 e. The Bertz CT molecular complexity index is 1370. The molecule has 0 saturated carbocycles. The van der Waals surface area contributed by atoms with Crippen LogP contribution < -0.4 is 14.2 Å². The lowest BCUT2D eigenvalue weighted by atomic mass is 9.91. The van der Waals surface area contributed by atoms with Gasteiger partial charge in [0.15, 0.2) is 22.9 Å². The number of nitrogens with zero attached hydrogens (tertiary/aromatic N) is 1. The Labute approximate surface area is 233 Å². The summed E-state index contributed by atoms with van der Waals surface area (Å²) in [7, 11) is 2.94. The Morgan fingerprint density at radius 1 is 0.725 bits per heavy atom. The molecule has 1 heterocycles. The molecule has 0 aliphatic heterocycles. The van der Waals surface area contributed by atoms with Crippen molar-refractivity contribution >= 4 is 17.9 Å². The first-order valence-electron chi connectivity index (χ1n) is 12.8. The predicted octanol–water partition coefficient (Wildman–Crippen LogP) is 5.18. The fourth-order valence-corrected chi connectivity index (χ4v) is 4.13. The Kier molecular flexibility index (Phi) is 10.5. The maximum atomic E-state index is 13.4. The summed E-state index contributed by atoms with van der Waals surface area (Å²) >= 11 is 0. The summed E-state index contributed by atoms with van der Waals surface area (Å²) in [5, 5.41) is 0. The molecule has 212 valence electrons. The van der Waals surface area contributed by atoms with E-state index in [0.29, 0.717) is 11.3 Å². The zero-order valence-corrected chi connectivity index (χ0v) is 23.5. The molecule has 0 bridgehead atoms. The van der Waals surface area contributed by atoms with Crippen molar-refractivity contribution < 1.29 is 42.8 Å². The molecule has 0 aliphatic rings. The SMILES string of the molecule is CCOC(=O)c1nc(C(=O)OCC)c(C(=O)OCC)c(-c2ccc(OC)c(OC)c2OCc2ccccc2)c1C. The lowest BCUT2D eigenvalue weighted by Gasteiger charge is -2.22. The van der Waals surface area contributed by atoms with Gasteiger partial charge in [-0.2, -0.15) is 0 Å². The molecule has 2 aromatic carbocycles. The molecule has 0 atom stereocenters. The standard InChI is InChI=1S/C30H33NO9/c1-7-37-28(32)23-22(18(4)24(29(33)38-8-2)31-25(23)30(34)39-9-3)20-15-16-21(35-5)27(36-6)26(20)40-17-19-13-11-10-12-14-19/h10-16H,7-9,17H2,1-6H3. The molecule has 0 saturated heterocycles. The van der Waals surface area contributed by atoms with Crippen molar-refractivity contribution in [3.8, 4) is 28.4 Å². The first-order valence-corrected chi connectivity index (χ1v) is 12.8. The number of benzene rings is 2. The monoisotopic (exact) mass is 551 g/mol. The number of aromatic nitrogens is 1. The number of carbonyl (C=O) groups is 3. The maximum absolute atomic E-state index is 13.4. The van der Waals surface area contributed by atoms with Crippen LogP contribution >= 0.6 is 0 Å². The molecular formula is C30H33NO9. The van der Waals surface area contributed by atoms with E-state index in [1.807, 2.05) is 30.3 Å². The summed E-state index contributed by atoms with van der Waals surface area (Å²) in [5.74, 6) is -1.66. The summed E-state index contributed by atoms with van der Waals surface area (Å²) in [5.41, 5.74) is 0.949. The van der Waals surface area contributed by atoms with Gasteiger partial charge < -0.3 is 28.4 Å². The van der Waals surface area contributed by atoms with Gasteiger partial charge in [0.2, 0.25) is 5.75 Å². The lowest BCUT2D eigenvalue weighted by Crippen LogP contribution is -2.22. The van der Waals surface area contributed by atoms with E-state index in [1.165, 1.54) is 14.2 Å². The van der Waals surface area contributed by atoms with Gasteiger partial charge in [0.25, 0.3) is 0 Å². The average Bonchev–Trinajstić information content (AvgIpc) is 2.96. The Morgan fingerprint density at radius 2 is 1.32 bits per heavy atom. The number of hydrogen-bond acceptors (Lipinski definition) is 10. The molecule has 0 amide bonds. The first-order chi connectivity index (χ1) is 19.3. The molecule has 1 aromatic heterocycles.